The highest BCUT2D eigenvalue weighted by molar-refractivity contribution is 6.11. The number of esters is 1. The highest BCUT2D eigenvalue weighted by Gasteiger charge is 2.30. The van der Waals surface area contributed by atoms with Crippen molar-refractivity contribution in [1.82, 2.24) is 4.98 Å². The standard InChI is InChI=1S/C35H40N6O2/c1-2-43-35(42)31-22-30(25-11-13-28(14-12-25)41-19-15-24(23-36)16-20-41)32(33(37)26-7-5-8-26)34(39-31)38-27-9-6-10-29(21-27)40-17-3-4-18-40/h6,9-14,21-22,24,26,37H,2-5,7-8,15-20H2,1H3,(H,38,39). The average Bonchev–Trinajstić information content (AvgIpc) is 3.56. The van der Waals surface area contributed by atoms with Crippen LogP contribution in [0.2, 0.25) is 0 Å². The van der Waals surface area contributed by atoms with Crippen LogP contribution in [-0.4, -0.2) is 49.5 Å². The molecule has 2 aliphatic heterocycles. The highest BCUT2D eigenvalue weighted by Crippen LogP contribution is 2.39. The number of rotatable bonds is 9. The summed E-state index contributed by atoms with van der Waals surface area (Å²) in [5, 5.41) is 22.1. The number of ether oxygens (including phenoxy) is 1. The number of piperidine rings is 1. The molecule has 3 aromatic rings. The molecule has 3 heterocycles. The maximum absolute atomic E-state index is 13.1. The molecule has 0 radical (unpaired) electrons. The van der Waals surface area contributed by atoms with E-state index in [9.17, 15) is 15.5 Å². The van der Waals surface area contributed by atoms with Gasteiger partial charge in [-0.05, 0) is 93.0 Å². The van der Waals surface area contributed by atoms with Crippen molar-refractivity contribution in [3.63, 3.8) is 0 Å². The van der Waals surface area contributed by atoms with Crippen LogP contribution in [0, 0.1) is 28.6 Å². The molecule has 2 saturated heterocycles. The number of hydrogen-bond donors (Lipinski definition) is 2. The van der Waals surface area contributed by atoms with Gasteiger partial charge in [0.2, 0.25) is 0 Å². The second-order valence-electron chi connectivity index (χ2n) is 11.8. The number of nitrogens with zero attached hydrogens (tertiary/aromatic N) is 4. The third-order valence-corrected chi connectivity index (χ3v) is 9.09. The lowest BCUT2D eigenvalue weighted by atomic mass is 9.78. The summed E-state index contributed by atoms with van der Waals surface area (Å²) in [6.07, 6.45) is 7.24. The molecule has 1 aliphatic carbocycles. The van der Waals surface area contributed by atoms with E-state index in [-0.39, 0.29) is 24.1 Å². The molecule has 0 amide bonds. The van der Waals surface area contributed by atoms with Crippen LogP contribution >= 0.6 is 0 Å². The monoisotopic (exact) mass is 576 g/mol. The van der Waals surface area contributed by atoms with Gasteiger partial charge in [-0.2, -0.15) is 5.26 Å². The van der Waals surface area contributed by atoms with Gasteiger partial charge >= 0.3 is 5.97 Å². The fraction of sp³-hybridized carbons (Fsp3) is 0.429. The minimum absolute atomic E-state index is 0.135. The second kappa shape index (κ2) is 12.9. The van der Waals surface area contributed by atoms with E-state index in [1.54, 1.807) is 13.0 Å². The van der Waals surface area contributed by atoms with E-state index in [0.717, 1.165) is 92.0 Å². The summed E-state index contributed by atoms with van der Waals surface area (Å²) in [6.45, 7) is 5.88. The molecule has 3 fully saturated rings. The van der Waals surface area contributed by atoms with Crippen LogP contribution in [0.1, 0.15) is 67.9 Å². The number of nitrogens with one attached hydrogen (secondary N) is 2. The number of pyridine rings is 1. The summed E-state index contributed by atoms with van der Waals surface area (Å²) in [5.41, 5.74) is 6.42. The first-order valence-electron chi connectivity index (χ1n) is 15.7. The average molecular weight is 577 g/mol. The Balaban J connectivity index is 1.40. The minimum Gasteiger partial charge on any atom is -0.461 e. The molecule has 0 spiro atoms. The number of carbonyl (C=O) groups is 1. The number of hydrogen-bond acceptors (Lipinski definition) is 8. The first kappa shape index (κ1) is 28.7. The van der Waals surface area contributed by atoms with E-state index >= 15 is 0 Å². The van der Waals surface area contributed by atoms with Gasteiger partial charge < -0.3 is 25.3 Å². The predicted octanol–water partition coefficient (Wildman–Crippen LogP) is 7.18. The number of anilines is 4. The van der Waals surface area contributed by atoms with E-state index in [1.807, 2.05) is 12.1 Å². The zero-order chi connectivity index (χ0) is 29.8. The van der Waals surface area contributed by atoms with Crippen molar-refractivity contribution < 1.29 is 9.53 Å². The second-order valence-corrected chi connectivity index (χ2v) is 11.8. The predicted molar refractivity (Wildman–Crippen MR) is 172 cm³/mol. The van der Waals surface area contributed by atoms with Gasteiger partial charge in [0.05, 0.1) is 12.7 Å². The fourth-order valence-corrected chi connectivity index (χ4v) is 6.36. The molecule has 1 aromatic heterocycles. The summed E-state index contributed by atoms with van der Waals surface area (Å²) in [5.74, 6) is 0.344. The van der Waals surface area contributed by atoms with Crippen molar-refractivity contribution in [2.24, 2.45) is 11.8 Å². The number of carbonyl (C=O) groups excluding carboxylic acids is 1. The van der Waals surface area contributed by atoms with Crippen molar-refractivity contribution in [2.45, 2.75) is 51.9 Å². The third-order valence-electron chi connectivity index (χ3n) is 9.09. The minimum atomic E-state index is -0.476. The van der Waals surface area contributed by atoms with E-state index in [2.05, 4.69) is 57.6 Å². The molecular formula is C35H40N6O2. The largest absolute Gasteiger partial charge is 0.461 e. The molecule has 1 saturated carbocycles. The molecule has 43 heavy (non-hydrogen) atoms. The molecule has 3 aliphatic rings. The summed E-state index contributed by atoms with van der Waals surface area (Å²) < 4.78 is 5.39. The van der Waals surface area contributed by atoms with Gasteiger partial charge in [-0.3, -0.25) is 0 Å². The van der Waals surface area contributed by atoms with Crippen molar-refractivity contribution in [3.05, 3.63) is 65.9 Å². The Labute approximate surface area is 254 Å². The molecule has 2 N–H and O–H groups in total. The van der Waals surface area contributed by atoms with Crippen LogP contribution in [0.4, 0.5) is 22.9 Å². The number of benzene rings is 2. The topological polar surface area (TPSA) is 105 Å². The zero-order valence-corrected chi connectivity index (χ0v) is 24.9. The molecule has 0 unspecified atom stereocenters. The first-order valence-corrected chi connectivity index (χ1v) is 15.7. The van der Waals surface area contributed by atoms with Crippen LogP contribution in [-0.2, 0) is 4.74 Å². The van der Waals surface area contributed by atoms with Gasteiger partial charge in [0.1, 0.15) is 5.82 Å². The lowest BCUT2D eigenvalue weighted by molar-refractivity contribution is 0.0519. The number of aromatic nitrogens is 1. The molecule has 6 rings (SSSR count). The van der Waals surface area contributed by atoms with Gasteiger partial charge in [0.25, 0.3) is 0 Å². The van der Waals surface area contributed by atoms with Gasteiger partial charge in [0.15, 0.2) is 5.69 Å². The molecule has 8 heteroatoms. The smallest absolute Gasteiger partial charge is 0.357 e. The van der Waals surface area contributed by atoms with Crippen molar-refractivity contribution in [1.29, 1.82) is 10.7 Å². The molecule has 2 aromatic carbocycles. The molecular weight excluding hydrogens is 536 g/mol. The quantitative estimate of drug-likeness (QED) is 0.205. The Bertz CT molecular complexity index is 1510. The molecule has 8 nitrogen and oxygen atoms in total. The Morgan fingerprint density at radius 3 is 2.35 bits per heavy atom. The summed E-state index contributed by atoms with van der Waals surface area (Å²) in [4.78, 5) is 22.6. The lowest BCUT2D eigenvalue weighted by Crippen LogP contribution is -2.33. The lowest BCUT2D eigenvalue weighted by Gasteiger charge is -2.31. The van der Waals surface area contributed by atoms with Crippen molar-refractivity contribution in [3.8, 4) is 17.2 Å². The maximum atomic E-state index is 13.1. The maximum Gasteiger partial charge on any atom is 0.357 e. The van der Waals surface area contributed by atoms with Gasteiger partial charge in [-0.15, -0.1) is 0 Å². The number of nitriles is 1. The van der Waals surface area contributed by atoms with Gasteiger partial charge in [-0.25, -0.2) is 9.78 Å². The normalized spacial score (nSPS) is 17.3. The van der Waals surface area contributed by atoms with Crippen LogP contribution in [0.3, 0.4) is 0 Å². The van der Waals surface area contributed by atoms with Crippen molar-refractivity contribution in [2.75, 3.05) is 47.9 Å². The van der Waals surface area contributed by atoms with Crippen LogP contribution in [0.15, 0.2) is 54.6 Å². The first-order chi connectivity index (χ1) is 21.0. The van der Waals surface area contributed by atoms with Gasteiger partial charge in [-0.1, -0.05) is 24.6 Å². The highest BCUT2D eigenvalue weighted by atomic mass is 16.5. The Hall–Kier alpha value is -4.38. The van der Waals surface area contributed by atoms with E-state index in [0.29, 0.717) is 11.5 Å². The summed E-state index contributed by atoms with van der Waals surface area (Å²) >= 11 is 0. The summed E-state index contributed by atoms with van der Waals surface area (Å²) in [6, 6.07) is 20.9. The van der Waals surface area contributed by atoms with Crippen LogP contribution in [0.5, 0.6) is 0 Å². The van der Waals surface area contributed by atoms with E-state index in [4.69, 9.17) is 9.72 Å². The molecule has 222 valence electrons. The Kier molecular flexibility index (Phi) is 8.59. The fourth-order valence-electron chi connectivity index (χ4n) is 6.36. The SMILES string of the molecule is CCOC(=O)c1cc(-c2ccc(N3CCC(C#N)CC3)cc2)c(C(=N)C2CCC2)c(Nc2cccc(N3CCCC3)c2)n1. The van der Waals surface area contributed by atoms with E-state index in [1.165, 1.54) is 12.8 Å². The van der Waals surface area contributed by atoms with Crippen LogP contribution < -0.4 is 15.1 Å². The van der Waals surface area contributed by atoms with Crippen LogP contribution in [0.25, 0.3) is 11.1 Å². The van der Waals surface area contributed by atoms with Crippen molar-refractivity contribution >= 4 is 34.6 Å². The van der Waals surface area contributed by atoms with E-state index < -0.39 is 5.97 Å². The zero-order valence-electron chi connectivity index (χ0n) is 24.9. The van der Waals surface area contributed by atoms with Gasteiger partial charge in [0, 0.05) is 66.4 Å². The molecule has 0 atom stereocenters. The third kappa shape index (κ3) is 6.22. The summed E-state index contributed by atoms with van der Waals surface area (Å²) in [7, 11) is 0. The Morgan fingerprint density at radius 2 is 1.70 bits per heavy atom. The Morgan fingerprint density at radius 1 is 0.977 bits per heavy atom. The molecule has 0 bridgehead atoms.